The van der Waals surface area contributed by atoms with Gasteiger partial charge in [-0.1, -0.05) is 29.9 Å². The van der Waals surface area contributed by atoms with Gasteiger partial charge in [-0.25, -0.2) is 0 Å². The zero-order chi connectivity index (χ0) is 20.8. The summed E-state index contributed by atoms with van der Waals surface area (Å²) < 4.78 is 5.18. The number of carbonyl (C=O) groups excluding carboxylic acids is 2. The molecule has 0 aromatic heterocycles. The molecule has 146 valence electrons. The van der Waals surface area contributed by atoms with Crippen molar-refractivity contribution >= 4 is 17.8 Å². The number of phenols is 3. The fraction of sp³-hybridized carbons (Fsp3) is 0.182. The SMILES string of the molecule is CC(=O)Oc1c(CC=C(C)C)c(O)cc(O)c1C(=O)/C=C/c1ccc(O)cc1. The number of aromatic hydroxyl groups is 3. The first-order chi connectivity index (χ1) is 13.2. The van der Waals surface area contributed by atoms with E-state index >= 15 is 0 Å². The van der Waals surface area contributed by atoms with Crippen LogP contribution in [0.25, 0.3) is 6.08 Å². The van der Waals surface area contributed by atoms with Gasteiger partial charge in [0.15, 0.2) is 11.5 Å². The van der Waals surface area contributed by atoms with Gasteiger partial charge in [-0.15, -0.1) is 0 Å². The lowest BCUT2D eigenvalue weighted by Crippen LogP contribution is -2.10. The average molecular weight is 382 g/mol. The molecule has 0 atom stereocenters. The molecule has 6 nitrogen and oxygen atoms in total. The van der Waals surface area contributed by atoms with Gasteiger partial charge in [-0.3, -0.25) is 9.59 Å². The fourth-order valence-corrected chi connectivity index (χ4v) is 2.51. The quantitative estimate of drug-likeness (QED) is 0.228. The molecular weight excluding hydrogens is 360 g/mol. The molecule has 2 rings (SSSR count). The van der Waals surface area contributed by atoms with Crippen molar-refractivity contribution in [2.75, 3.05) is 0 Å². The number of phenolic OH excluding ortho intramolecular Hbond substituents is 3. The summed E-state index contributed by atoms with van der Waals surface area (Å²) in [5.74, 6) is -2.11. The molecule has 2 aromatic rings. The number of carbonyl (C=O) groups is 2. The monoisotopic (exact) mass is 382 g/mol. The Kier molecular flexibility index (Phi) is 6.60. The van der Waals surface area contributed by atoms with Gasteiger partial charge in [0.1, 0.15) is 22.8 Å². The minimum atomic E-state index is -0.681. The molecule has 6 heteroatoms. The second-order valence-electron chi connectivity index (χ2n) is 6.47. The predicted octanol–water partition coefficient (Wildman–Crippen LogP) is 4.13. The van der Waals surface area contributed by atoms with Gasteiger partial charge in [0.2, 0.25) is 0 Å². The van der Waals surface area contributed by atoms with E-state index in [1.165, 1.54) is 31.2 Å². The summed E-state index contributed by atoms with van der Waals surface area (Å²) in [4.78, 5) is 24.3. The van der Waals surface area contributed by atoms with E-state index in [1.54, 1.807) is 18.2 Å². The number of esters is 1. The third-order valence-corrected chi connectivity index (χ3v) is 3.87. The summed E-state index contributed by atoms with van der Waals surface area (Å²) in [6.45, 7) is 4.91. The van der Waals surface area contributed by atoms with Crippen molar-refractivity contribution in [2.24, 2.45) is 0 Å². The van der Waals surface area contributed by atoms with Crippen molar-refractivity contribution < 1.29 is 29.6 Å². The van der Waals surface area contributed by atoms with Crippen LogP contribution in [0.15, 0.2) is 48.1 Å². The van der Waals surface area contributed by atoms with Crippen LogP contribution in [0, 0.1) is 0 Å². The zero-order valence-electron chi connectivity index (χ0n) is 15.9. The first-order valence-corrected chi connectivity index (χ1v) is 8.60. The summed E-state index contributed by atoms with van der Waals surface area (Å²) in [7, 11) is 0. The van der Waals surface area contributed by atoms with Gasteiger partial charge in [-0.05, 0) is 44.0 Å². The second-order valence-corrected chi connectivity index (χ2v) is 6.47. The van der Waals surface area contributed by atoms with Crippen molar-refractivity contribution in [3.05, 3.63) is 64.7 Å². The smallest absolute Gasteiger partial charge is 0.308 e. The van der Waals surface area contributed by atoms with Crippen LogP contribution in [-0.2, 0) is 11.2 Å². The Morgan fingerprint density at radius 3 is 2.21 bits per heavy atom. The lowest BCUT2D eigenvalue weighted by Gasteiger charge is -2.15. The van der Waals surface area contributed by atoms with E-state index in [9.17, 15) is 24.9 Å². The molecule has 0 aliphatic carbocycles. The maximum absolute atomic E-state index is 12.7. The molecule has 3 N–H and O–H groups in total. The Labute approximate surface area is 163 Å². The molecule has 0 heterocycles. The standard InChI is InChI=1S/C22H22O6/c1-13(2)4-10-17-19(26)12-20(27)21(22(17)28-14(3)23)18(25)11-7-15-5-8-16(24)9-6-15/h4-9,11-12,24,26-27H,10H2,1-3H3/b11-7+. The average Bonchev–Trinajstić information content (AvgIpc) is 2.60. The van der Waals surface area contributed by atoms with E-state index in [4.69, 9.17) is 4.74 Å². The highest BCUT2D eigenvalue weighted by Crippen LogP contribution is 2.39. The predicted molar refractivity (Wildman–Crippen MR) is 106 cm³/mol. The van der Waals surface area contributed by atoms with Crippen molar-refractivity contribution in [3.63, 3.8) is 0 Å². The number of hydrogen-bond donors (Lipinski definition) is 3. The van der Waals surface area contributed by atoms with Crippen LogP contribution in [0.4, 0.5) is 0 Å². The number of ketones is 1. The second kappa shape index (κ2) is 8.90. The number of allylic oxidation sites excluding steroid dienone is 3. The van der Waals surface area contributed by atoms with Crippen molar-refractivity contribution in [1.82, 2.24) is 0 Å². The fourth-order valence-electron chi connectivity index (χ4n) is 2.51. The van der Waals surface area contributed by atoms with Gasteiger partial charge >= 0.3 is 5.97 Å². The third kappa shape index (κ3) is 5.23. The topological polar surface area (TPSA) is 104 Å². The molecule has 0 radical (unpaired) electrons. The first-order valence-electron chi connectivity index (χ1n) is 8.60. The molecule has 0 bridgehead atoms. The highest BCUT2D eigenvalue weighted by molar-refractivity contribution is 6.11. The van der Waals surface area contributed by atoms with E-state index in [2.05, 4.69) is 0 Å². The lowest BCUT2D eigenvalue weighted by atomic mass is 9.99. The molecule has 2 aromatic carbocycles. The van der Waals surface area contributed by atoms with E-state index < -0.39 is 17.5 Å². The minimum Gasteiger partial charge on any atom is -0.508 e. The van der Waals surface area contributed by atoms with Crippen LogP contribution in [0.3, 0.4) is 0 Å². The molecule has 0 saturated carbocycles. The van der Waals surface area contributed by atoms with Crippen LogP contribution in [0.2, 0.25) is 0 Å². The Morgan fingerprint density at radius 2 is 1.64 bits per heavy atom. The maximum atomic E-state index is 12.7. The summed E-state index contributed by atoms with van der Waals surface area (Å²) in [6.07, 6.45) is 4.75. The van der Waals surface area contributed by atoms with Crippen molar-refractivity contribution in [2.45, 2.75) is 27.2 Å². The highest BCUT2D eigenvalue weighted by atomic mass is 16.5. The van der Waals surface area contributed by atoms with Gasteiger partial charge in [0, 0.05) is 18.6 Å². The van der Waals surface area contributed by atoms with E-state index in [0.717, 1.165) is 11.6 Å². The Bertz CT molecular complexity index is 948. The lowest BCUT2D eigenvalue weighted by molar-refractivity contribution is -0.131. The van der Waals surface area contributed by atoms with Crippen LogP contribution in [0.5, 0.6) is 23.0 Å². The summed E-state index contributed by atoms with van der Waals surface area (Å²) >= 11 is 0. The summed E-state index contributed by atoms with van der Waals surface area (Å²) in [6, 6.07) is 7.24. The molecule has 0 aliphatic heterocycles. The molecular formula is C22H22O6. The van der Waals surface area contributed by atoms with E-state index in [0.29, 0.717) is 5.56 Å². The van der Waals surface area contributed by atoms with Gasteiger partial charge < -0.3 is 20.1 Å². The van der Waals surface area contributed by atoms with Gasteiger partial charge in [0.05, 0.1) is 0 Å². The van der Waals surface area contributed by atoms with Crippen LogP contribution >= 0.6 is 0 Å². The molecule has 0 aliphatic rings. The first kappa shape index (κ1) is 20.8. The summed E-state index contributed by atoms with van der Waals surface area (Å²) in [5, 5.41) is 29.8. The number of hydrogen-bond acceptors (Lipinski definition) is 6. The summed E-state index contributed by atoms with van der Waals surface area (Å²) in [5.41, 5.74) is 1.65. The molecule has 0 unspecified atom stereocenters. The van der Waals surface area contributed by atoms with Crippen LogP contribution < -0.4 is 4.74 Å². The van der Waals surface area contributed by atoms with Crippen molar-refractivity contribution in [1.29, 1.82) is 0 Å². The van der Waals surface area contributed by atoms with Gasteiger partial charge in [0.25, 0.3) is 0 Å². The maximum Gasteiger partial charge on any atom is 0.308 e. The molecule has 0 fully saturated rings. The molecule has 0 spiro atoms. The largest absolute Gasteiger partial charge is 0.508 e. The van der Waals surface area contributed by atoms with Gasteiger partial charge in [-0.2, -0.15) is 0 Å². The number of benzene rings is 2. The number of ether oxygens (including phenoxy) is 1. The van der Waals surface area contributed by atoms with Crippen LogP contribution in [-0.4, -0.2) is 27.1 Å². The Balaban J connectivity index is 2.52. The van der Waals surface area contributed by atoms with E-state index in [1.807, 2.05) is 13.8 Å². The minimum absolute atomic E-state index is 0.0979. The Morgan fingerprint density at radius 1 is 1.00 bits per heavy atom. The molecule has 28 heavy (non-hydrogen) atoms. The van der Waals surface area contributed by atoms with Crippen LogP contribution in [0.1, 0.15) is 42.3 Å². The number of rotatable bonds is 6. The van der Waals surface area contributed by atoms with E-state index in [-0.39, 0.29) is 34.8 Å². The third-order valence-electron chi connectivity index (χ3n) is 3.87. The molecule has 0 saturated heterocycles. The zero-order valence-corrected chi connectivity index (χ0v) is 15.9. The Hall–Kier alpha value is -3.54. The molecule has 0 amide bonds. The normalized spacial score (nSPS) is 10.7. The van der Waals surface area contributed by atoms with Crippen molar-refractivity contribution in [3.8, 4) is 23.0 Å². The highest BCUT2D eigenvalue weighted by Gasteiger charge is 2.24.